The van der Waals surface area contributed by atoms with Crippen molar-refractivity contribution in [1.82, 2.24) is 15.5 Å². The normalized spacial score (nSPS) is 20.1. The molecule has 1 aliphatic carbocycles. The molecule has 0 heterocycles. The molecule has 0 aliphatic heterocycles. The van der Waals surface area contributed by atoms with Crippen molar-refractivity contribution in [3.8, 4) is 5.75 Å². The molecule has 1 aliphatic rings. The van der Waals surface area contributed by atoms with Gasteiger partial charge in [-0.1, -0.05) is 25.5 Å². The number of guanidine groups is 1. The van der Waals surface area contributed by atoms with Crippen LogP contribution < -0.4 is 15.4 Å². The van der Waals surface area contributed by atoms with Crippen LogP contribution in [-0.2, 0) is 17.3 Å². The molecule has 0 spiro atoms. The van der Waals surface area contributed by atoms with Crippen LogP contribution in [0.1, 0.15) is 51.5 Å². The van der Waals surface area contributed by atoms with Crippen LogP contribution in [0.3, 0.4) is 0 Å². The molecule has 178 valence electrons. The van der Waals surface area contributed by atoms with Crippen molar-refractivity contribution >= 4 is 40.7 Å². The van der Waals surface area contributed by atoms with E-state index in [1.807, 2.05) is 19.1 Å². The van der Waals surface area contributed by atoms with Crippen molar-refractivity contribution in [3.05, 3.63) is 29.8 Å². The fourth-order valence-corrected chi connectivity index (χ4v) is 5.04. The number of hydrogen-bond donors (Lipinski definition) is 2. The second kappa shape index (κ2) is 15.9. The average Bonchev–Trinajstić information content (AvgIpc) is 2.75. The molecule has 1 aromatic rings. The summed E-state index contributed by atoms with van der Waals surface area (Å²) in [6, 6.07) is 8.54. The first kappa shape index (κ1) is 28.2. The second-order valence-electron chi connectivity index (χ2n) is 8.14. The van der Waals surface area contributed by atoms with Gasteiger partial charge in [0.05, 0.1) is 13.2 Å². The van der Waals surface area contributed by atoms with E-state index in [9.17, 15) is 4.21 Å². The minimum absolute atomic E-state index is 0. The summed E-state index contributed by atoms with van der Waals surface area (Å²) in [6.45, 7) is 7.29. The maximum Gasteiger partial charge on any atom is 0.191 e. The third-order valence-corrected chi connectivity index (χ3v) is 7.07. The minimum atomic E-state index is -0.709. The number of nitrogens with one attached hydrogen (secondary N) is 2. The van der Waals surface area contributed by atoms with Gasteiger partial charge in [-0.3, -0.25) is 4.21 Å². The molecule has 1 saturated carbocycles. The zero-order chi connectivity index (χ0) is 21.8. The maximum atomic E-state index is 12.2. The van der Waals surface area contributed by atoms with Crippen LogP contribution in [0.4, 0.5) is 0 Å². The summed E-state index contributed by atoms with van der Waals surface area (Å²) in [4.78, 5) is 6.93. The summed E-state index contributed by atoms with van der Waals surface area (Å²) in [5.41, 5.74) is 1.15. The number of rotatable bonds is 11. The van der Waals surface area contributed by atoms with Crippen LogP contribution in [-0.4, -0.2) is 65.9 Å². The monoisotopic (exact) mass is 564 g/mol. The fraction of sp³-hybridized carbons (Fsp3) is 0.696. The molecule has 3 unspecified atom stereocenters. The summed E-state index contributed by atoms with van der Waals surface area (Å²) in [5, 5.41) is 7.23. The standard InChI is InChI=1S/C23H40N4O2S.HI/c1-5-24-23(26-20-9-7-10-22(17-20)30(28)6-2)25-18-19-11-13-21(14-12-19)29-16-8-15-27(3)4;/h11-14,20,22H,5-10,15-18H2,1-4H3,(H2,24,25,26);1H. The Morgan fingerprint density at radius 2 is 1.97 bits per heavy atom. The Hall–Kier alpha value is -0.870. The van der Waals surface area contributed by atoms with Crippen LogP contribution in [0.15, 0.2) is 29.3 Å². The number of benzene rings is 1. The molecule has 0 radical (unpaired) electrons. The van der Waals surface area contributed by atoms with Gasteiger partial charge in [-0.25, -0.2) is 4.99 Å². The van der Waals surface area contributed by atoms with Crippen LogP contribution in [0.5, 0.6) is 5.75 Å². The Morgan fingerprint density at radius 1 is 1.23 bits per heavy atom. The van der Waals surface area contributed by atoms with Crippen molar-refractivity contribution in [2.75, 3.05) is 39.5 Å². The van der Waals surface area contributed by atoms with Crippen molar-refractivity contribution in [2.45, 2.75) is 63.8 Å². The molecule has 0 bridgehead atoms. The van der Waals surface area contributed by atoms with Crippen LogP contribution >= 0.6 is 24.0 Å². The Bertz CT molecular complexity index is 670. The summed E-state index contributed by atoms with van der Waals surface area (Å²) in [7, 11) is 3.44. The largest absolute Gasteiger partial charge is 0.494 e. The summed E-state index contributed by atoms with van der Waals surface area (Å²) < 4.78 is 18.0. The van der Waals surface area contributed by atoms with E-state index in [-0.39, 0.29) is 24.0 Å². The first-order chi connectivity index (χ1) is 14.5. The topological polar surface area (TPSA) is 66.0 Å². The molecule has 2 N–H and O–H groups in total. The molecular weight excluding hydrogens is 523 g/mol. The van der Waals surface area contributed by atoms with Crippen molar-refractivity contribution in [3.63, 3.8) is 0 Å². The highest BCUT2D eigenvalue weighted by Gasteiger charge is 2.26. The number of nitrogens with zero attached hydrogens (tertiary/aromatic N) is 2. The predicted octanol–water partition coefficient (Wildman–Crippen LogP) is 3.77. The van der Waals surface area contributed by atoms with Crippen LogP contribution in [0.2, 0.25) is 0 Å². The first-order valence-electron chi connectivity index (χ1n) is 11.3. The Labute approximate surface area is 208 Å². The first-order valence-corrected chi connectivity index (χ1v) is 12.7. The van der Waals surface area contributed by atoms with Crippen molar-refractivity contribution in [1.29, 1.82) is 0 Å². The molecule has 0 saturated heterocycles. The van der Waals surface area contributed by atoms with Gasteiger partial charge in [-0.05, 0) is 64.4 Å². The molecular formula is C23H41IN4O2S. The van der Waals surface area contributed by atoms with Gasteiger partial charge in [0.1, 0.15) is 5.75 Å². The predicted molar refractivity (Wildman–Crippen MR) is 143 cm³/mol. The Balaban J connectivity index is 0.00000480. The number of hydrogen-bond acceptors (Lipinski definition) is 4. The molecule has 0 aromatic heterocycles. The van der Waals surface area contributed by atoms with E-state index in [0.717, 1.165) is 74.8 Å². The summed E-state index contributed by atoms with van der Waals surface area (Å²) >= 11 is 0. The lowest BCUT2D eigenvalue weighted by Crippen LogP contribution is -2.46. The summed E-state index contributed by atoms with van der Waals surface area (Å²) in [5.74, 6) is 2.50. The van der Waals surface area contributed by atoms with Gasteiger partial charge < -0.3 is 20.3 Å². The van der Waals surface area contributed by atoms with E-state index in [1.54, 1.807) is 0 Å². The zero-order valence-electron chi connectivity index (χ0n) is 19.6. The lowest BCUT2D eigenvalue weighted by molar-refractivity contribution is 0.281. The van der Waals surface area contributed by atoms with Gasteiger partial charge in [-0.15, -0.1) is 24.0 Å². The van der Waals surface area contributed by atoms with E-state index >= 15 is 0 Å². The minimum Gasteiger partial charge on any atom is -0.494 e. The Kier molecular flexibility index (Phi) is 14.4. The van der Waals surface area contributed by atoms with E-state index in [4.69, 9.17) is 9.73 Å². The van der Waals surface area contributed by atoms with E-state index < -0.39 is 10.8 Å². The van der Waals surface area contributed by atoms with Gasteiger partial charge in [-0.2, -0.15) is 0 Å². The van der Waals surface area contributed by atoms with E-state index in [1.165, 1.54) is 0 Å². The van der Waals surface area contributed by atoms with Gasteiger partial charge in [0.25, 0.3) is 0 Å². The quantitative estimate of drug-likeness (QED) is 0.186. The fourth-order valence-electron chi connectivity index (χ4n) is 3.70. The molecule has 3 atom stereocenters. The molecule has 31 heavy (non-hydrogen) atoms. The second-order valence-corrected chi connectivity index (χ2v) is 10.1. The Morgan fingerprint density at radius 3 is 2.61 bits per heavy atom. The molecule has 6 nitrogen and oxygen atoms in total. The highest BCUT2D eigenvalue weighted by molar-refractivity contribution is 14.0. The maximum absolute atomic E-state index is 12.2. The van der Waals surface area contributed by atoms with Gasteiger partial charge in [0.2, 0.25) is 0 Å². The molecule has 0 amide bonds. The van der Waals surface area contributed by atoms with E-state index in [0.29, 0.717) is 17.8 Å². The van der Waals surface area contributed by atoms with Crippen molar-refractivity contribution in [2.24, 2.45) is 4.99 Å². The van der Waals surface area contributed by atoms with Crippen LogP contribution in [0.25, 0.3) is 0 Å². The number of halogens is 1. The third kappa shape index (κ3) is 11.0. The van der Waals surface area contributed by atoms with Crippen molar-refractivity contribution < 1.29 is 8.95 Å². The molecule has 1 aromatic carbocycles. The molecule has 2 rings (SSSR count). The highest BCUT2D eigenvalue weighted by atomic mass is 127. The highest BCUT2D eigenvalue weighted by Crippen LogP contribution is 2.23. The van der Waals surface area contributed by atoms with Gasteiger partial charge >= 0.3 is 0 Å². The lowest BCUT2D eigenvalue weighted by Gasteiger charge is -2.30. The smallest absolute Gasteiger partial charge is 0.191 e. The van der Waals surface area contributed by atoms with Gasteiger partial charge in [0.15, 0.2) is 5.96 Å². The van der Waals surface area contributed by atoms with E-state index in [2.05, 4.69) is 48.7 Å². The molecule has 1 fully saturated rings. The third-order valence-electron chi connectivity index (χ3n) is 5.33. The summed E-state index contributed by atoms with van der Waals surface area (Å²) in [6.07, 6.45) is 5.30. The SMILES string of the molecule is CCNC(=NCc1ccc(OCCCN(C)C)cc1)NC1CCCC(S(=O)CC)C1.I. The number of ether oxygens (including phenoxy) is 1. The average molecular weight is 565 g/mol. The lowest BCUT2D eigenvalue weighted by atomic mass is 9.95. The van der Waals surface area contributed by atoms with Gasteiger partial charge in [0, 0.05) is 40.9 Å². The number of aliphatic imine (C=N–C) groups is 1. The van der Waals surface area contributed by atoms with Crippen LogP contribution in [0, 0.1) is 0 Å². The zero-order valence-corrected chi connectivity index (χ0v) is 22.7. The molecule has 8 heteroatoms.